The third-order valence-corrected chi connectivity index (χ3v) is 4.49. The van der Waals surface area contributed by atoms with Crippen LogP contribution in [0.5, 0.6) is 0 Å². The van der Waals surface area contributed by atoms with Crippen LogP contribution in [0.4, 0.5) is 0 Å². The van der Waals surface area contributed by atoms with Crippen molar-refractivity contribution in [3.8, 4) is 11.3 Å². The molecule has 2 aromatic rings. The van der Waals surface area contributed by atoms with Crippen molar-refractivity contribution in [3.63, 3.8) is 0 Å². The molecule has 1 aliphatic carbocycles. The van der Waals surface area contributed by atoms with Gasteiger partial charge < -0.3 is 5.11 Å². The van der Waals surface area contributed by atoms with Crippen LogP contribution < -0.4 is 0 Å². The molecule has 0 saturated heterocycles. The van der Waals surface area contributed by atoms with Crippen LogP contribution in [0.1, 0.15) is 23.3 Å². The molecule has 19 heavy (non-hydrogen) atoms. The molecule has 1 aliphatic rings. The first-order chi connectivity index (χ1) is 9.15. The molecule has 3 rings (SSSR count). The van der Waals surface area contributed by atoms with Crippen LogP contribution in [-0.2, 0) is 7.05 Å². The minimum atomic E-state index is -0.992. The van der Waals surface area contributed by atoms with Gasteiger partial charge >= 0.3 is 5.97 Å². The third-order valence-electron chi connectivity index (χ3n) is 3.08. The lowest BCUT2D eigenvalue weighted by atomic mass is 10.1. The molecule has 0 amide bonds. The number of hydrogen-bond acceptors (Lipinski definition) is 3. The molecule has 1 fully saturated rings. The average molecular weight is 274 g/mol. The molecule has 98 valence electrons. The van der Waals surface area contributed by atoms with E-state index < -0.39 is 5.97 Å². The molecule has 0 unspecified atom stereocenters. The number of carbonyl (C=O) groups is 1. The number of carboxylic acid groups (broad SMARTS) is 1. The van der Waals surface area contributed by atoms with Gasteiger partial charge in [-0.05, 0) is 25.0 Å². The van der Waals surface area contributed by atoms with Gasteiger partial charge in [0.15, 0.2) is 5.69 Å². The monoisotopic (exact) mass is 274 g/mol. The highest BCUT2D eigenvalue weighted by Crippen LogP contribution is 2.42. The maximum Gasteiger partial charge on any atom is 0.356 e. The van der Waals surface area contributed by atoms with E-state index in [2.05, 4.69) is 11.2 Å². The number of rotatable bonds is 4. The molecule has 0 aliphatic heterocycles. The summed E-state index contributed by atoms with van der Waals surface area (Å²) in [5, 5.41) is 13.8. The third kappa shape index (κ3) is 2.51. The quantitative estimate of drug-likeness (QED) is 0.931. The van der Waals surface area contributed by atoms with E-state index in [0.717, 1.165) is 11.3 Å². The Kier molecular flexibility index (Phi) is 3.06. The zero-order valence-corrected chi connectivity index (χ0v) is 11.4. The Bertz CT molecular complexity index is 632. The normalized spacial score (nSPS) is 14.6. The minimum Gasteiger partial charge on any atom is -0.476 e. The van der Waals surface area contributed by atoms with Crippen LogP contribution in [-0.4, -0.2) is 26.1 Å². The Morgan fingerprint density at radius 3 is 2.79 bits per heavy atom. The van der Waals surface area contributed by atoms with Gasteiger partial charge in [0.1, 0.15) is 0 Å². The number of aromatic carboxylic acids is 1. The van der Waals surface area contributed by atoms with Gasteiger partial charge in [0.25, 0.3) is 0 Å². The lowest BCUT2D eigenvalue weighted by molar-refractivity contribution is 0.0689. The highest BCUT2D eigenvalue weighted by atomic mass is 32.2. The Hall–Kier alpha value is -1.75. The fraction of sp³-hybridized carbons (Fsp3) is 0.286. The molecule has 1 N–H and O–H groups in total. The topological polar surface area (TPSA) is 55.1 Å². The van der Waals surface area contributed by atoms with Crippen molar-refractivity contribution in [1.29, 1.82) is 0 Å². The molecule has 0 atom stereocenters. The first-order valence-electron chi connectivity index (χ1n) is 6.18. The van der Waals surface area contributed by atoms with Crippen molar-refractivity contribution in [3.05, 3.63) is 36.0 Å². The summed E-state index contributed by atoms with van der Waals surface area (Å²) >= 11 is 1.87. The average Bonchev–Trinajstić information content (AvgIpc) is 3.11. The van der Waals surface area contributed by atoms with Gasteiger partial charge in [0.2, 0.25) is 0 Å². The second kappa shape index (κ2) is 4.74. The van der Waals surface area contributed by atoms with Crippen molar-refractivity contribution in [1.82, 2.24) is 9.78 Å². The molecule has 1 aromatic heterocycles. The summed E-state index contributed by atoms with van der Waals surface area (Å²) in [4.78, 5) is 12.2. The highest BCUT2D eigenvalue weighted by Gasteiger charge is 2.24. The molecule has 1 aromatic carbocycles. The predicted octanol–water partition coefficient (Wildman–Crippen LogP) is 3.04. The Morgan fingerprint density at radius 2 is 2.16 bits per heavy atom. The SMILES string of the molecule is Cn1nc(C(=O)O)cc1-c1ccccc1SC1CC1. The van der Waals surface area contributed by atoms with Crippen LogP contribution >= 0.6 is 11.8 Å². The Morgan fingerprint density at radius 1 is 1.42 bits per heavy atom. The van der Waals surface area contributed by atoms with Crippen LogP contribution in [0.3, 0.4) is 0 Å². The summed E-state index contributed by atoms with van der Waals surface area (Å²) in [6.07, 6.45) is 2.54. The number of carboxylic acids is 1. The van der Waals surface area contributed by atoms with Gasteiger partial charge in [-0.1, -0.05) is 18.2 Å². The van der Waals surface area contributed by atoms with Gasteiger partial charge in [0.05, 0.1) is 5.69 Å². The second-order valence-corrected chi connectivity index (χ2v) is 6.00. The van der Waals surface area contributed by atoms with E-state index in [-0.39, 0.29) is 5.69 Å². The molecular weight excluding hydrogens is 260 g/mol. The number of thioether (sulfide) groups is 1. The van der Waals surface area contributed by atoms with E-state index in [9.17, 15) is 4.79 Å². The lowest BCUT2D eigenvalue weighted by Gasteiger charge is -2.08. The number of aryl methyl sites for hydroxylation is 1. The van der Waals surface area contributed by atoms with Gasteiger partial charge in [-0.3, -0.25) is 4.68 Å². The van der Waals surface area contributed by atoms with Crippen LogP contribution in [0.25, 0.3) is 11.3 Å². The minimum absolute atomic E-state index is 0.0868. The Labute approximate surface area is 115 Å². The van der Waals surface area contributed by atoms with Gasteiger partial charge in [-0.2, -0.15) is 5.10 Å². The van der Waals surface area contributed by atoms with Crippen LogP contribution in [0, 0.1) is 0 Å². The van der Waals surface area contributed by atoms with Gasteiger partial charge in [0, 0.05) is 22.8 Å². The van der Waals surface area contributed by atoms with E-state index in [1.54, 1.807) is 17.8 Å². The summed E-state index contributed by atoms with van der Waals surface area (Å²) in [6, 6.07) is 9.73. The van der Waals surface area contributed by atoms with Crippen molar-refractivity contribution < 1.29 is 9.90 Å². The van der Waals surface area contributed by atoms with Gasteiger partial charge in [-0.15, -0.1) is 11.8 Å². The van der Waals surface area contributed by atoms with Crippen LogP contribution in [0.2, 0.25) is 0 Å². The van der Waals surface area contributed by atoms with Crippen molar-refractivity contribution in [2.75, 3.05) is 0 Å². The molecule has 1 heterocycles. The molecule has 0 bridgehead atoms. The summed E-state index contributed by atoms with van der Waals surface area (Å²) in [5.74, 6) is -0.992. The first-order valence-corrected chi connectivity index (χ1v) is 7.06. The highest BCUT2D eigenvalue weighted by molar-refractivity contribution is 8.00. The zero-order valence-electron chi connectivity index (χ0n) is 10.5. The summed E-state index contributed by atoms with van der Waals surface area (Å²) in [7, 11) is 1.78. The molecule has 0 spiro atoms. The Balaban J connectivity index is 2.03. The van der Waals surface area contributed by atoms with Crippen molar-refractivity contribution in [2.45, 2.75) is 23.0 Å². The largest absolute Gasteiger partial charge is 0.476 e. The fourth-order valence-electron chi connectivity index (χ4n) is 1.97. The maximum atomic E-state index is 11.0. The number of nitrogens with zero attached hydrogens (tertiary/aromatic N) is 2. The zero-order chi connectivity index (χ0) is 13.4. The molecule has 5 heteroatoms. The fourth-order valence-corrected chi connectivity index (χ4v) is 3.16. The smallest absolute Gasteiger partial charge is 0.356 e. The van der Waals surface area contributed by atoms with Crippen molar-refractivity contribution in [2.24, 2.45) is 7.05 Å². The number of aromatic nitrogens is 2. The molecule has 1 saturated carbocycles. The van der Waals surface area contributed by atoms with E-state index in [1.807, 2.05) is 30.0 Å². The first kappa shape index (κ1) is 12.3. The van der Waals surface area contributed by atoms with E-state index in [4.69, 9.17) is 5.11 Å². The summed E-state index contributed by atoms with van der Waals surface area (Å²) < 4.78 is 1.63. The second-order valence-electron chi connectivity index (χ2n) is 4.66. The standard InChI is InChI=1S/C14H14N2O2S/c1-16-12(8-11(15-16)14(17)18)10-4-2-3-5-13(10)19-9-6-7-9/h2-5,8-9H,6-7H2,1H3,(H,17,18). The molecule has 4 nitrogen and oxygen atoms in total. The van der Waals surface area contributed by atoms with Gasteiger partial charge in [-0.25, -0.2) is 4.79 Å². The molecule has 0 radical (unpaired) electrons. The van der Waals surface area contributed by atoms with Crippen molar-refractivity contribution >= 4 is 17.7 Å². The summed E-state index contributed by atoms with van der Waals surface area (Å²) in [5.41, 5.74) is 1.99. The maximum absolute atomic E-state index is 11.0. The number of benzene rings is 1. The van der Waals surface area contributed by atoms with E-state index in [1.165, 1.54) is 17.7 Å². The predicted molar refractivity (Wildman–Crippen MR) is 74.5 cm³/mol. The lowest BCUT2D eigenvalue weighted by Crippen LogP contribution is -1.99. The molecular formula is C14H14N2O2S. The van der Waals surface area contributed by atoms with Crippen LogP contribution in [0.15, 0.2) is 35.2 Å². The van der Waals surface area contributed by atoms with E-state index in [0.29, 0.717) is 5.25 Å². The number of hydrogen-bond donors (Lipinski definition) is 1. The summed E-state index contributed by atoms with van der Waals surface area (Å²) in [6.45, 7) is 0. The van der Waals surface area contributed by atoms with E-state index >= 15 is 0 Å².